The van der Waals surface area contributed by atoms with E-state index in [1.54, 1.807) is 0 Å². The molecule has 120 valence electrons. The van der Waals surface area contributed by atoms with Crippen LogP contribution in [-0.4, -0.2) is 10.2 Å². The molecule has 0 unspecified atom stereocenters. The maximum absolute atomic E-state index is 11.9. The van der Waals surface area contributed by atoms with Crippen LogP contribution in [0.4, 0.5) is 26.3 Å². The average molecular weight is 324 g/mol. The molecule has 0 fully saturated rings. The summed E-state index contributed by atoms with van der Waals surface area (Å²) in [7, 11) is 0. The minimum absolute atomic E-state index is 0.169. The van der Waals surface area contributed by atoms with Crippen LogP contribution in [0.3, 0.4) is 0 Å². The van der Waals surface area contributed by atoms with Gasteiger partial charge in [-0.1, -0.05) is 6.07 Å². The number of aromatic hydroxyl groups is 2. The minimum Gasteiger partial charge on any atom is -0.508 e. The molecule has 2 aromatic carbocycles. The number of hydrogen-bond acceptors (Lipinski definition) is 2. The van der Waals surface area contributed by atoms with Gasteiger partial charge in [0.1, 0.15) is 11.5 Å². The molecule has 0 saturated heterocycles. The van der Waals surface area contributed by atoms with Crippen molar-refractivity contribution in [3.05, 3.63) is 59.7 Å². The summed E-state index contributed by atoms with van der Waals surface area (Å²) < 4.78 is 71.1. The fraction of sp³-hybridized carbons (Fsp3) is 0.143. The molecule has 0 atom stereocenters. The highest BCUT2D eigenvalue weighted by Crippen LogP contribution is 2.31. The van der Waals surface area contributed by atoms with E-state index in [2.05, 4.69) is 0 Å². The lowest BCUT2D eigenvalue weighted by atomic mass is 10.2. The zero-order valence-electron chi connectivity index (χ0n) is 10.8. The second-order valence-electron chi connectivity index (χ2n) is 4.09. The van der Waals surface area contributed by atoms with Gasteiger partial charge in [-0.25, -0.2) is 0 Å². The summed E-state index contributed by atoms with van der Waals surface area (Å²) in [6.07, 6.45) is -8.70. The highest BCUT2D eigenvalue weighted by Gasteiger charge is 2.30. The molecule has 2 N–H and O–H groups in total. The lowest BCUT2D eigenvalue weighted by Gasteiger charge is -2.05. The Labute approximate surface area is 121 Å². The van der Waals surface area contributed by atoms with Crippen LogP contribution in [0.5, 0.6) is 11.5 Å². The number of hydrogen-bond donors (Lipinski definition) is 2. The normalized spacial score (nSPS) is 11.5. The maximum Gasteiger partial charge on any atom is 0.416 e. The fourth-order valence-corrected chi connectivity index (χ4v) is 1.33. The summed E-state index contributed by atoms with van der Waals surface area (Å²) in [4.78, 5) is 0. The van der Waals surface area contributed by atoms with E-state index >= 15 is 0 Å². The number of phenols is 2. The van der Waals surface area contributed by atoms with Gasteiger partial charge >= 0.3 is 12.4 Å². The Bertz CT molecular complexity index is 602. The maximum atomic E-state index is 11.9. The lowest BCUT2D eigenvalue weighted by Crippen LogP contribution is -2.03. The molecule has 2 rings (SSSR count). The van der Waals surface area contributed by atoms with Gasteiger partial charge in [-0.15, -0.1) is 0 Å². The molecule has 0 spiro atoms. The SMILES string of the molecule is Oc1ccc(C(F)(F)F)cc1.Oc1cccc(C(F)(F)F)c1. The van der Waals surface area contributed by atoms with E-state index < -0.39 is 23.5 Å². The Kier molecular flexibility index (Phi) is 5.29. The number of benzene rings is 2. The van der Waals surface area contributed by atoms with E-state index in [9.17, 15) is 26.3 Å². The number of rotatable bonds is 0. The molecule has 22 heavy (non-hydrogen) atoms. The zero-order chi connectivity index (χ0) is 17.0. The van der Waals surface area contributed by atoms with Crippen LogP contribution >= 0.6 is 0 Å². The first-order valence-corrected chi connectivity index (χ1v) is 5.72. The molecular weight excluding hydrogens is 314 g/mol. The molecular formula is C14H10F6O2. The van der Waals surface area contributed by atoms with E-state index in [0.717, 1.165) is 36.4 Å². The molecule has 0 saturated carbocycles. The van der Waals surface area contributed by atoms with Crippen LogP contribution in [0.1, 0.15) is 11.1 Å². The van der Waals surface area contributed by atoms with Crippen molar-refractivity contribution in [2.45, 2.75) is 12.4 Å². The molecule has 0 radical (unpaired) electrons. The van der Waals surface area contributed by atoms with Gasteiger partial charge in [-0.2, -0.15) is 26.3 Å². The van der Waals surface area contributed by atoms with Gasteiger partial charge in [0, 0.05) is 0 Å². The predicted molar refractivity (Wildman–Crippen MR) is 66.2 cm³/mol. The van der Waals surface area contributed by atoms with E-state index in [-0.39, 0.29) is 11.5 Å². The van der Waals surface area contributed by atoms with Crippen LogP contribution in [0.25, 0.3) is 0 Å². The minimum atomic E-state index is -4.38. The van der Waals surface area contributed by atoms with Crippen molar-refractivity contribution in [1.29, 1.82) is 0 Å². The molecule has 0 aliphatic heterocycles. The van der Waals surface area contributed by atoms with Crippen molar-refractivity contribution in [2.24, 2.45) is 0 Å². The topological polar surface area (TPSA) is 40.5 Å². The molecule has 2 aromatic rings. The molecule has 0 bridgehead atoms. The van der Waals surface area contributed by atoms with Crippen molar-refractivity contribution >= 4 is 0 Å². The van der Waals surface area contributed by atoms with Gasteiger partial charge < -0.3 is 10.2 Å². The van der Waals surface area contributed by atoms with Crippen LogP contribution in [-0.2, 0) is 12.4 Å². The standard InChI is InChI=1S/2C7H5F3O/c8-7(9,10)5-1-3-6(11)4-2-5;8-7(9,10)5-2-1-3-6(11)4-5/h2*1-4,11H. The summed E-state index contributed by atoms with van der Waals surface area (Å²) in [6, 6.07) is 7.59. The summed E-state index contributed by atoms with van der Waals surface area (Å²) in [5.74, 6) is -0.544. The van der Waals surface area contributed by atoms with Crippen molar-refractivity contribution in [2.75, 3.05) is 0 Å². The average Bonchev–Trinajstić information content (AvgIpc) is 2.38. The summed E-state index contributed by atoms with van der Waals surface area (Å²) in [5, 5.41) is 17.3. The highest BCUT2D eigenvalue weighted by molar-refractivity contribution is 5.29. The Morgan fingerprint density at radius 3 is 1.45 bits per heavy atom. The van der Waals surface area contributed by atoms with Gasteiger partial charge in [0.2, 0.25) is 0 Å². The fourth-order valence-electron chi connectivity index (χ4n) is 1.33. The predicted octanol–water partition coefficient (Wildman–Crippen LogP) is 4.82. The van der Waals surface area contributed by atoms with Gasteiger partial charge in [0.25, 0.3) is 0 Å². The first-order valence-electron chi connectivity index (χ1n) is 5.72. The second-order valence-corrected chi connectivity index (χ2v) is 4.09. The van der Waals surface area contributed by atoms with Crippen molar-refractivity contribution in [1.82, 2.24) is 0 Å². The molecule has 0 heterocycles. The van der Waals surface area contributed by atoms with E-state index in [4.69, 9.17) is 10.2 Å². The number of phenolic OH excluding ortho intramolecular Hbond substituents is 2. The molecule has 0 aromatic heterocycles. The molecule has 0 aliphatic carbocycles. The Morgan fingerprint density at radius 2 is 1.09 bits per heavy atom. The zero-order valence-corrected chi connectivity index (χ0v) is 10.8. The second kappa shape index (κ2) is 6.59. The van der Waals surface area contributed by atoms with E-state index in [1.165, 1.54) is 6.07 Å². The van der Waals surface area contributed by atoms with Gasteiger partial charge in [-0.05, 0) is 42.5 Å². The smallest absolute Gasteiger partial charge is 0.416 e. The van der Waals surface area contributed by atoms with Crippen molar-refractivity contribution in [3.8, 4) is 11.5 Å². The quantitative estimate of drug-likeness (QED) is 0.682. The number of alkyl halides is 6. The molecule has 0 aliphatic rings. The van der Waals surface area contributed by atoms with Crippen LogP contribution < -0.4 is 0 Å². The summed E-state index contributed by atoms with van der Waals surface area (Å²) in [5.41, 5.74) is -1.59. The van der Waals surface area contributed by atoms with Crippen LogP contribution in [0.15, 0.2) is 48.5 Å². The van der Waals surface area contributed by atoms with Gasteiger partial charge in [-0.3, -0.25) is 0 Å². The summed E-state index contributed by atoms with van der Waals surface area (Å²) >= 11 is 0. The molecule has 2 nitrogen and oxygen atoms in total. The first kappa shape index (κ1) is 17.7. The van der Waals surface area contributed by atoms with Gasteiger partial charge in [0.15, 0.2) is 0 Å². The van der Waals surface area contributed by atoms with E-state index in [1.807, 2.05) is 0 Å². The van der Waals surface area contributed by atoms with E-state index in [0.29, 0.717) is 6.07 Å². The summed E-state index contributed by atoms with van der Waals surface area (Å²) in [6.45, 7) is 0. The van der Waals surface area contributed by atoms with Crippen LogP contribution in [0, 0.1) is 0 Å². The highest BCUT2D eigenvalue weighted by atomic mass is 19.4. The van der Waals surface area contributed by atoms with Crippen LogP contribution in [0.2, 0.25) is 0 Å². The molecule has 0 amide bonds. The Morgan fingerprint density at radius 1 is 0.591 bits per heavy atom. The lowest BCUT2D eigenvalue weighted by molar-refractivity contribution is -0.138. The molecule has 8 heteroatoms. The Hall–Kier alpha value is -2.38. The third-order valence-electron chi connectivity index (χ3n) is 2.37. The third-order valence-corrected chi connectivity index (χ3v) is 2.37. The third kappa shape index (κ3) is 5.55. The largest absolute Gasteiger partial charge is 0.508 e. The van der Waals surface area contributed by atoms with Crippen molar-refractivity contribution < 1.29 is 36.6 Å². The first-order chi connectivity index (χ1) is 10.00. The number of halogens is 6. The Balaban J connectivity index is 0.000000220. The van der Waals surface area contributed by atoms with Gasteiger partial charge in [0.05, 0.1) is 11.1 Å². The monoisotopic (exact) mass is 324 g/mol. The van der Waals surface area contributed by atoms with Crippen molar-refractivity contribution in [3.63, 3.8) is 0 Å².